The molecule has 0 fully saturated rings. The Balaban J connectivity index is 2.16. The highest BCUT2D eigenvalue weighted by molar-refractivity contribution is 5.82. The van der Waals surface area contributed by atoms with Crippen LogP contribution in [0.5, 0.6) is 0 Å². The second-order valence-electron chi connectivity index (χ2n) is 6.35. The smallest absolute Gasteiger partial charge is 0.328 e. The van der Waals surface area contributed by atoms with Crippen LogP contribution in [-0.4, -0.2) is 26.2 Å². The van der Waals surface area contributed by atoms with Crippen molar-refractivity contribution in [2.75, 3.05) is 7.11 Å². The van der Waals surface area contributed by atoms with E-state index in [0.717, 1.165) is 5.52 Å². The van der Waals surface area contributed by atoms with Crippen LogP contribution in [0, 0.1) is 21.4 Å². The van der Waals surface area contributed by atoms with Gasteiger partial charge in [0, 0.05) is 21.2 Å². The molecule has 0 unspecified atom stereocenters. The molecular formula is C19H17N5O5. The molecular weight excluding hydrogens is 378 g/mol. The second-order valence-corrected chi connectivity index (χ2v) is 6.35. The summed E-state index contributed by atoms with van der Waals surface area (Å²) in [5.41, 5.74) is 0.341. The van der Waals surface area contributed by atoms with Crippen LogP contribution in [-0.2, 0) is 25.4 Å². The van der Waals surface area contributed by atoms with E-state index in [9.17, 15) is 25.0 Å². The van der Waals surface area contributed by atoms with Crippen molar-refractivity contribution in [2.24, 2.45) is 14.1 Å². The van der Waals surface area contributed by atoms with E-state index in [1.54, 1.807) is 44.4 Å². The number of methoxy groups -OCH3 is 1. The number of fused-ring (bicyclic) bond motifs is 1. The molecule has 0 saturated heterocycles. The van der Waals surface area contributed by atoms with E-state index in [0.29, 0.717) is 11.1 Å². The predicted molar refractivity (Wildman–Crippen MR) is 106 cm³/mol. The Labute approximate surface area is 164 Å². The molecule has 0 aliphatic rings. The first-order valence-corrected chi connectivity index (χ1v) is 8.46. The molecule has 10 heteroatoms. The lowest BCUT2D eigenvalue weighted by atomic mass is 10.1. The third-order valence-corrected chi connectivity index (χ3v) is 4.64. The molecule has 0 saturated carbocycles. The van der Waals surface area contributed by atoms with Crippen LogP contribution in [0.15, 0.2) is 27.8 Å². The Morgan fingerprint density at radius 3 is 2.55 bits per heavy atom. The molecule has 0 atom stereocenters. The van der Waals surface area contributed by atoms with Gasteiger partial charge in [0.15, 0.2) is 0 Å². The normalized spacial score (nSPS) is 11.2. The summed E-state index contributed by atoms with van der Waals surface area (Å²) in [5.74, 6) is 0. The third-order valence-electron chi connectivity index (χ3n) is 4.64. The standard InChI is InChI=1S/C19H17N5O5/c1-22-15-7-5-11(8-16(15)23(2)19(22)26)4-6-14-17(24(27)28)13(10-29-3)12(9-20)18(25)21-14/h4-8H,10H2,1-3H3,(H,21,25)/b6-4+. The van der Waals surface area contributed by atoms with Gasteiger partial charge in [-0.05, 0) is 23.8 Å². The van der Waals surface area contributed by atoms with Gasteiger partial charge < -0.3 is 9.72 Å². The average Bonchev–Trinajstić information content (AvgIpc) is 2.90. The molecule has 29 heavy (non-hydrogen) atoms. The van der Waals surface area contributed by atoms with Crippen molar-refractivity contribution in [1.82, 2.24) is 14.1 Å². The molecule has 2 aromatic heterocycles. The molecule has 0 bridgehead atoms. The van der Waals surface area contributed by atoms with Crippen LogP contribution in [0.25, 0.3) is 23.2 Å². The number of rotatable bonds is 5. The molecule has 1 aromatic carbocycles. The van der Waals surface area contributed by atoms with E-state index < -0.39 is 16.2 Å². The molecule has 0 radical (unpaired) electrons. The van der Waals surface area contributed by atoms with Crippen molar-refractivity contribution >= 4 is 28.9 Å². The highest BCUT2D eigenvalue weighted by Gasteiger charge is 2.25. The zero-order chi connectivity index (χ0) is 21.3. The molecule has 1 N–H and O–H groups in total. The number of nitrogens with zero attached hydrogens (tertiary/aromatic N) is 4. The molecule has 0 spiro atoms. The van der Waals surface area contributed by atoms with Crippen LogP contribution in [0.3, 0.4) is 0 Å². The minimum Gasteiger partial charge on any atom is -0.380 e. The van der Waals surface area contributed by atoms with Gasteiger partial charge in [-0.15, -0.1) is 0 Å². The summed E-state index contributed by atoms with van der Waals surface area (Å²) >= 11 is 0. The summed E-state index contributed by atoms with van der Waals surface area (Å²) in [6.45, 7) is -0.248. The largest absolute Gasteiger partial charge is 0.380 e. The van der Waals surface area contributed by atoms with Gasteiger partial charge in [-0.1, -0.05) is 12.1 Å². The van der Waals surface area contributed by atoms with Crippen molar-refractivity contribution in [2.45, 2.75) is 6.61 Å². The van der Waals surface area contributed by atoms with E-state index in [1.165, 1.54) is 22.3 Å². The number of hydrogen-bond acceptors (Lipinski definition) is 6. The first kappa shape index (κ1) is 19.8. The molecule has 0 amide bonds. The van der Waals surface area contributed by atoms with Crippen LogP contribution in [0.4, 0.5) is 5.69 Å². The van der Waals surface area contributed by atoms with Crippen molar-refractivity contribution in [3.05, 3.63) is 71.5 Å². The van der Waals surface area contributed by atoms with Gasteiger partial charge in [0.25, 0.3) is 11.2 Å². The lowest BCUT2D eigenvalue weighted by Crippen LogP contribution is -2.19. The third kappa shape index (κ3) is 3.35. The number of aryl methyl sites for hydroxylation is 2. The van der Waals surface area contributed by atoms with Crippen molar-refractivity contribution in [3.8, 4) is 6.07 Å². The Morgan fingerprint density at radius 1 is 1.24 bits per heavy atom. The number of nitro groups is 1. The summed E-state index contributed by atoms with van der Waals surface area (Å²) < 4.78 is 7.95. The molecule has 0 aliphatic heterocycles. The first-order valence-electron chi connectivity index (χ1n) is 8.46. The fourth-order valence-electron chi connectivity index (χ4n) is 3.20. The number of hydrogen-bond donors (Lipinski definition) is 1. The van der Waals surface area contributed by atoms with E-state index >= 15 is 0 Å². The minimum atomic E-state index is -0.731. The fraction of sp³-hybridized carbons (Fsp3) is 0.211. The Kier molecular flexibility index (Phi) is 5.16. The maximum absolute atomic E-state index is 12.2. The highest BCUT2D eigenvalue weighted by atomic mass is 16.6. The maximum atomic E-state index is 12.2. The predicted octanol–water partition coefficient (Wildman–Crippen LogP) is 1.66. The van der Waals surface area contributed by atoms with Crippen molar-refractivity contribution in [1.29, 1.82) is 5.26 Å². The number of aromatic amines is 1. The fourth-order valence-corrected chi connectivity index (χ4v) is 3.20. The van der Waals surface area contributed by atoms with Crippen LogP contribution < -0.4 is 11.2 Å². The number of H-pyrrole nitrogens is 1. The minimum absolute atomic E-state index is 0.0481. The molecule has 3 aromatic rings. The number of aromatic nitrogens is 3. The summed E-state index contributed by atoms with van der Waals surface area (Å²) in [6.07, 6.45) is 2.97. The second kappa shape index (κ2) is 7.57. The van der Waals surface area contributed by atoms with Gasteiger partial charge in [-0.3, -0.25) is 24.0 Å². The number of ether oxygens (including phenoxy) is 1. The van der Waals surface area contributed by atoms with Gasteiger partial charge in [0.05, 0.1) is 28.1 Å². The van der Waals surface area contributed by atoms with Crippen LogP contribution >= 0.6 is 0 Å². The lowest BCUT2D eigenvalue weighted by molar-refractivity contribution is -0.386. The molecule has 10 nitrogen and oxygen atoms in total. The van der Waals surface area contributed by atoms with E-state index in [-0.39, 0.29) is 29.1 Å². The summed E-state index contributed by atoms with van der Waals surface area (Å²) in [5, 5.41) is 20.8. The number of benzene rings is 1. The average molecular weight is 395 g/mol. The quantitative estimate of drug-likeness (QED) is 0.515. The zero-order valence-corrected chi connectivity index (χ0v) is 15.9. The van der Waals surface area contributed by atoms with Gasteiger partial charge in [-0.25, -0.2) is 4.79 Å². The van der Waals surface area contributed by atoms with E-state index in [2.05, 4.69) is 4.98 Å². The first-order chi connectivity index (χ1) is 13.8. The maximum Gasteiger partial charge on any atom is 0.328 e. The lowest BCUT2D eigenvalue weighted by Gasteiger charge is -2.06. The number of imidazole rings is 1. The summed E-state index contributed by atoms with van der Waals surface area (Å²) in [7, 11) is 4.64. The van der Waals surface area contributed by atoms with Gasteiger partial charge in [0.2, 0.25) is 0 Å². The number of nitrogens with one attached hydrogen (secondary N) is 1. The molecule has 2 heterocycles. The zero-order valence-electron chi connectivity index (χ0n) is 15.9. The Bertz CT molecular complexity index is 1320. The summed E-state index contributed by atoms with van der Waals surface area (Å²) in [6, 6.07) is 6.97. The molecule has 3 rings (SSSR count). The number of pyridine rings is 1. The monoisotopic (exact) mass is 395 g/mol. The van der Waals surface area contributed by atoms with E-state index in [1.807, 2.05) is 0 Å². The summed E-state index contributed by atoms with van der Waals surface area (Å²) in [4.78, 5) is 37.6. The molecule has 0 aliphatic carbocycles. The van der Waals surface area contributed by atoms with Gasteiger partial charge >= 0.3 is 5.69 Å². The SMILES string of the molecule is COCc1c([N+](=O)[O-])c(/C=C/c2ccc3c(c2)n(C)c(=O)n3C)[nH]c(=O)c1C#N. The Morgan fingerprint density at radius 2 is 1.93 bits per heavy atom. The van der Waals surface area contributed by atoms with Crippen molar-refractivity contribution < 1.29 is 9.66 Å². The van der Waals surface area contributed by atoms with Crippen molar-refractivity contribution in [3.63, 3.8) is 0 Å². The Hall–Kier alpha value is -3.97. The van der Waals surface area contributed by atoms with E-state index in [4.69, 9.17) is 4.74 Å². The van der Waals surface area contributed by atoms with Crippen LogP contribution in [0.1, 0.15) is 22.4 Å². The topological polar surface area (TPSA) is 136 Å². The van der Waals surface area contributed by atoms with Gasteiger partial charge in [0.1, 0.15) is 17.3 Å². The van der Waals surface area contributed by atoms with Gasteiger partial charge in [-0.2, -0.15) is 5.26 Å². The number of nitriles is 1. The highest BCUT2D eigenvalue weighted by Crippen LogP contribution is 2.26. The molecule has 148 valence electrons. The van der Waals surface area contributed by atoms with Crippen LogP contribution in [0.2, 0.25) is 0 Å².